The van der Waals surface area contributed by atoms with Crippen LogP contribution >= 0.6 is 7.44 Å². The third-order valence-electron chi connectivity index (χ3n) is 6.87. The number of aliphatic hydroxyl groups excluding tert-OH is 1. The number of nitrogens with two attached hydrogens (primary N) is 1. The summed E-state index contributed by atoms with van der Waals surface area (Å²) in [5.41, 5.74) is 8.05. The highest BCUT2D eigenvalue weighted by atomic mass is 31.2. The number of rotatable bonds is 19. The number of fused-ring (bicyclic) bond motifs is 1. The molecule has 0 aliphatic heterocycles. The van der Waals surface area contributed by atoms with Crippen molar-refractivity contribution >= 4 is 36.3 Å². The Morgan fingerprint density at radius 3 is 2.53 bits per heavy atom. The van der Waals surface area contributed by atoms with Gasteiger partial charge in [0.2, 0.25) is 13.4 Å². The van der Waals surface area contributed by atoms with Crippen LogP contribution in [-0.2, 0) is 36.5 Å². The minimum atomic E-state index is -3.69. The highest BCUT2D eigenvalue weighted by molar-refractivity contribution is 7.59. The highest BCUT2D eigenvalue weighted by Gasteiger charge is 2.34. The molecule has 0 bridgehead atoms. The quantitative estimate of drug-likeness (QED) is 0.0553. The molecule has 15 heteroatoms. The number of esters is 1. The molecule has 1 aromatic carbocycles. The summed E-state index contributed by atoms with van der Waals surface area (Å²) in [5, 5.41) is 20.4. The predicted molar refractivity (Wildman–Crippen MR) is 172 cm³/mol. The van der Waals surface area contributed by atoms with Crippen molar-refractivity contribution in [3.63, 3.8) is 0 Å². The third-order valence-corrected chi connectivity index (χ3v) is 8.97. The Balaban J connectivity index is 1.48. The number of imidazole rings is 1. The lowest BCUT2D eigenvalue weighted by atomic mass is 10.1. The number of carbonyl (C=O) groups is 1. The van der Waals surface area contributed by atoms with E-state index >= 15 is 0 Å². The van der Waals surface area contributed by atoms with Gasteiger partial charge in [-0.3, -0.25) is 9.36 Å². The molecule has 1 fully saturated rings. The van der Waals surface area contributed by atoms with E-state index in [4.69, 9.17) is 19.9 Å². The number of aliphatic hydroxyl groups is 1. The van der Waals surface area contributed by atoms with Crippen molar-refractivity contribution in [1.29, 1.82) is 0 Å². The molecular weight excluding hydrogens is 599 g/mol. The summed E-state index contributed by atoms with van der Waals surface area (Å²) in [7, 11) is -3.69. The number of hydrogen-bond donors (Lipinski definition) is 5. The zero-order valence-corrected chi connectivity index (χ0v) is 27.6. The van der Waals surface area contributed by atoms with Gasteiger partial charge < -0.3 is 34.9 Å². The SMILES string of the molecule is CC(C)COC(O)C(Cc1ccccc1)NP(=O)(COCCn1cnc2c(NC3CC3)nc(N)nc21)N[C@@H](C)C(=O)OC(C)C. The Labute approximate surface area is 264 Å². The average molecular weight is 647 g/mol. The molecule has 3 aromatic rings. The first-order valence-electron chi connectivity index (χ1n) is 15.4. The zero-order valence-electron chi connectivity index (χ0n) is 26.7. The fraction of sp³-hybridized carbons (Fsp3) is 0.600. The number of aromatic nitrogens is 4. The van der Waals surface area contributed by atoms with Crippen LogP contribution in [0.15, 0.2) is 36.7 Å². The summed E-state index contributed by atoms with van der Waals surface area (Å²) in [4.78, 5) is 25.8. The molecule has 0 spiro atoms. The van der Waals surface area contributed by atoms with Gasteiger partial charge in [-0.25, -0.2) is 15.2 Å². The molecule has 1 aliphatic rings. The Bertz CT molecular complexity index is 1430. The van der Waals surface area contributed by atoms with Gasteiger partial charge in [0.25, 0.3) is 0 Å². The second kappa shape index (κ2) is 15.9. The van der Waals surface area contributed by atoms with Gasteiger partial charge in [-0.15, -0.1) is 0 Å². The summed E-state index contributed by atoms with van der Waals surface area (Å²) in [6, 6.07) is 8.17. The van der Waals surface area contributed by atoms with Gasteiger partial charge in [0, 0.05) is 12.6 Å². The molecule has 2 aromatic heterocycles. The Morgan fingerprint density at radius 1 is 1.13 bits per heavy atom. The molecular formula is C30H47N8O6P. The monoisotopic (exact) mass is 646 g/mol. The molecule has 0 radical (unpaired) electrons. The van der Waals surface area contributed by atoms with Crippen LogP contribution in [0.5, 0.6) is 0 Å². The maximum absolute atomic E-state index is 14.4. The zero-order chi connectivity index (χ0) is 32.6. The molecule has 2 heterocycles. The van der Waals surface area contributed by atoms with Crippen LogP contribution in [0.25, 0.3) is 11.2 Å². The van der Waals surface area contributed by atoms with Crippen molar-refractivity contribution in [2.24, 2.45) is 5.92 Å². The number of nitrogen functional groups attached to an aromatic ring is 1. The topological polar surface area (TPSA) is 188 Å². The van der Waals surface area contributed by atoms with E-state index in [9.17, 15) is 14.5 Å². The highest BCUT2D eigenvalue weighted by Crippen LogP contribution is 2.39. The van der Waals surface area contributed by atoms with E-state index in [1.54, 1.807) is 31.7 Å². The van der Waals surface area contributed by atoms with E-state index in [1.807, 2.05) is 44.2 Å². The number of benzene rings is 1. The van der Waals surface area contributed by atoms with E-state index < -0.39 is 31.8 Å². The van der Waals surface area contributed by atoms with E-state index in [-0.39, 0.29) is 30.9 Å². The van der Waals surface area contributed by atoms with Crippen LogP contribution in [-0.4, -0.2) is 80.7 Å². The number of anilines is 2. The molecule has 6 N–H and O–H groups in total. The lowest BCUT2D eigenvalue weighted by Gasteiger charge is -2.31. The fourth-order valence-corrected chi connectivity index (χ4v) is 6.66. The third kappa shape index (κ3) is 10.7. The van der Waals surface area contributed by atoms with Crippen LogP contribution in [0.1, 0.15) is 53.0 Å². The summed E-state index contributed by atoms with van der Waals surface area (Å²) < 4.78 is 33.2. The molecule has 0 saturated heterocycles. The van der Waals surface area contributed by atoms with Crippen molar-refractivity contribution < 1.29 is 28.7 Å². The summed E-state index contributed by atoms with van der Waals surface area (Å²) >= 11 is 0. The van der Waals surface area contributed by atoms with Crippen molar-refractivity contribution in [3.05, 3.63) is 42.2 Å². The number of nitrogens with zero attached hydrogens (tertiary/aromatic N) is 4. The largest absolute Gasteiger partial charge is 0.462 e. The van der Waals surface area contributed by atoms with Crippen molar-refractivity contribution in [3.8, 4) is 0 Å². The predicted octanol–water partition coefficient (Wildman–Crippen LogP) is 3.27. The maximum Gasteiger partial charge on any atom is 0.323 e. The molecule has 248 valence electrons. The van der Waals surface area contributed by atoms with Gasteiger partial charge in [0.1, 0.15) is 12.4 Å². The van der Waals surface area contributed by atoms with Crippen molar-refractivity contribution in [2.75, 3.05) is 30.6 Å². The second-order valence-electron chi connectivity index (χ2n) is 12.1. The lowest BCUT2D eigenvalue weighted by Crippen LogP contribution is -2.47. The normalized spacial score (nSPS) is 16.9. The van der Waals surface area contributed by atoms with Gasteiger partial charge >= 0.3 is 5.97 Å². The van der Waals surface area contributed by atoms with Crippen LogP contribution in [0.2, 0.25) is 0 Å². The first-order valence-corrected chi connectivity index (χ1v) is 17.3. The molecule has 4 rings (SSSR count). The second-order valence-corrected chi connectivity index (χ2v) is 14.4. The maximum atomic E-state index is 14.4. The van der Waals surface area contributed by atoms with E-state index in [1.165, 1.54) is 0 Å². The number of nitrogens with one attached hydrogen (secondary N) is 3. The van der Waals surface area contributed by atoms with Gasteiger partial charge in [0.15, 0.2) is 23.3 Å². The molecule has 0 amide bonds. The number of carbonyl (C=O) groups excluding carboxylic acids is 1. The standard InChI is InChI=1S/C30H47N8O6P/c1-19(2)16-43-29(40)24(15-22-9-7-6-8-10-22)37-45(41,36-21(5)28(39)44-20(3)4)18-42-14-13-38-17-32-25-26(33-23-11-12-23)34-30(31)35-27(25)38/h6-10,17,19-21,23-24,29,40H,11-16,18H2,1-5H3,(H2,36,37,41)(H3,31,33,34,35)/t21-,24?,29?,45?/m0/s1. The van der Waals surface area contributed by atoms with Gasteiger partial charge in [-0.05, 0) is 51.5 Å². The minimum absolute atomic E-state index is 0.135. The van der Waals surface area contributed by atoms with Crippen LogP contribution in [0, 0.1) is 5.92 Å². The molecule has 1 aliphatic carbocycles. The van der Waals surface area contributed by atoms with E-state index in [2.05, 4.69) is 30.4 Å². The Hall–Kier alpha value is -3.13. The van der Waals surface area contributed by atoms with E-state index in [0.717, 1.165) is 18.4 Å². The molecule has 3 unspecified atom stereocenters. The fourth-order valence-electron chi connectivity index (χ4n) is 4.57. The van der Waals surface area contributed by atoms with Crippen molar-refractivity contribution in [1.82, 2.24) is 29.7 Å². The molecule has 14 nitrogen and oxygen atoms in total. The molecule has 1 saturated carbocycles. The Morgan fingerprint density at radius 2 is 1.87 bits per heavy atom. The first-order chi connectivity index (χ1) is 21.4. The first kappa shape index (κ1) is 34.7. The number of hydrogen-bond acceptors (Lipinski definition) is 11. The smallest absolute Gasteiger partial charge is 0.323 e. The average Bonchev–Trinajstić information content (AvgIpc) is 3.71. The Kier molecular flexibility index (Phi) is 12.3. The summed E-state index contributed by atoms with van der Waals surface area (Å²) in [6.45, 7) is 9.81. The number of ether oxygens (including phenoxy) is 3. The van der Waals surface area contributed by atoms with Crippen LogP contribution < -0.4 is 21.2 Å². The van der Waals surface area contributed by atoms with Gasteiger partial charge in [-0.1, -0.05) is 44.2 Å². The molecule has 45 heavy (non-hydrogen) atoms. The van der Waals surface area contributed by atoms with Gasteiger partial charge in [-0.2, -0.15) is 9.97 Å². The van der Waals surface area contributed by atoms with Crippen LogP contribution in [0.4, 0.5) is 11.8 Å². The van der Waals surface area contributed by atoms with E-state index in [0.29, 0.717) is 42.6 Å². The summed E-state index contributed by atoms with van der Waals surface area (Å²) in [6.07, 6.45) is 2.19. The molecule has 4 atom stereocenters. The van der Waals surface area contributed by atoms with Crippen molar-refractivity contribution in [2.45, 2.75) is 90.9 Å². The van der Waals surface area contributed by atoms with Gasteiger partial charge in [0.05, 0.1) is 31.7 Å². The summed E-state index contributed by atoms with van der Waals surface area (Å²) in [5.74, 6) is 0.358. The minimum Gasteiger partial charge on any atom is -0.462 e. The van der Waals surface area contributed by atoms with Crippen LogP contribution in [0.3, 0.4) is 0 Å². The lowest BCUT2D eigenvalue weighted by molar-refractivity contribution is -0.149.